The van der Waals surface area contributed by atoms with Crippen molar-refractivity contribution in [3.63, 3.8) is 0 Å². The van der Waals surface area contributed by atoms with Gasteiger partial charge in [-0.25, -0.2) is 8.78 Å². The van der Waals surface area contributed by atoms with E-state index in [2.05, 4.69) is 5.32 Å². The molecule has 0 aromatic heterocycles. The molecule has 112 valence electrons. The zero-order chi connectivity index (χ0) is 15.1. The molecular formula is C16H17F2NO2. The van der Waals surface area contributed by atoms with E-state index in [9.17, 15) is 8.78 Å². The SMILES string of the molecule is OCCOc1ccccc1CNCc1ccc(F)c(F)c1. The van der Waals surface area contributed by atoms with Crippen LogP contribution in [0.2, 0.25) is 0 Å². The average molecular weight is 293 g/mol. The lowest BCUT2D eigenvalue weighted by Gasteiger charge is -2.11. The maximum atomic E-state index is 13.1. The summed E-state index contributed by atoms with van der Waals surface area (Å²) in [5.41, 5.74) is 1.61. The standard InChI is InChI=1S/C16H17F2NO2/c17-14-6-5-12(9-15(14)18)10-19-11-13-3-1-2-4-16(13)21-8-7-20/h1-6,9,19-20H,7-8,10-11H2. The molecule has 0 saturated carbocycles. The number of para-hydroxylation sites is 1. The lowest BCUT2D eigenvalue weighted by atomic mass is 10.2. The monoisotopic (exact) mass is 293 g/mol. The minimum atomic E-state index is -0.846. The van der Waals surface area contributed by atoms with E-state index in [1.54, 1.807) is 6.07 Å². The van der Waals surface area contributed by atoms with Gasteiger partial charge in [-0.2, -0.15) is 0 Å². The van der Waals surface area contributed by atoms with Gasteiger partial charge in [0.2, 0.25) is 0 Å². The van der Waals surface area contributed by atoms with Gasteiger partial charge in [-0.15, -0.1) is 0 Å². The van der Waals surface area contributed by atoms with Gasteiger partial charge in [-0.3, -0.25) is 0 Å². The Kier molecular flexibility index (Phi) is 5.66. The van der Waals surface area contributed by atoms with E-state index in [1.807, 2.05) is 24.3 Å². The highest BCUT2D eigenvalue weighted by Crippen LogP contribution is 2.17. The van der Waals surface area contributed by atoms with Gasteiger partial charge < -0.3 is 15.2 Å². The molecule has 0 heterocycles. The molecule has 3 nitrogen and oxygen atoms in total. The van der Waals surface area contributed by atoms with Crippen LogP contribution in [0.1, 0.15) is 11.1 Å². The van der Waals surface area contributed by atoms with Crippen LogP contribution in [0.25, 0.3) is 0 Å². The number of hydrogen-bond donors (Lipinski definition) is 2. The molecule has 0 aliphatic heterocycles. The predicted octanol–water partition coefficient (Wildman–Crippen LogP) is 2.63. The fourth-order valence-corrected chi connectivity index (χ4v) is 1.94. The third-order valence-electron chi connectivity index (χ3n) is 2.95. The van der Waals surface area contributed by atoms with Gasteiger partial charge in [0.1, 0.15) is 12.4 Å². The lowest BCUT2D eigenvalue weighted by molar-refractivity contribution is 0.200. The van der Waals surface area contributed by atoms with Crippen LogP contribution >= 0.6 is 0 Å². The van der Waals surface area contributed by atoms with E-state index in [-0.39, 0.29) is 13.2 Å². The first-order valence-electron chi connectivity index (χ1n) is 6.67. The maximum Gasteiger partial charge on any atom is 0.159 e. The summed E-state index contributed by atoms with van der Waals surface area (Å²) < 4.78 is 31.3. The molecule has 0 unspecified atom stereocenters. The highest BCUT2D eigenvalue weighted by molar-refractivity contribution is 5.33. The molecule has 0 fully saturated rings. The van der Waals surface area contributed by atoms with Gasteiger partial charge in [0, 0.05) is 18.7 Å². The maximum absolute atomic E-state index is 13.1. The molecule has 5 heteroatoms. The summed E-state index contributed by atoms with van der Waals surface area (Å²) in [5, 5.41) is 11.9. The van der Waals surface area contributed by atoms with Crippen LogP contribution in [0.4, 0.5) is 8.78 Å². The zero-order valence-corrected chi connectivity index (χ0v) is 11.5. The first-order chi connectivity index (χ1) is 10.2. The number of ether oxygens (including phenoxy) is 1. The summed E-state index contributed by atoms with van der Waals surface area (Å²) in [6, 6.07) is 11.3. The normalized spacial score (nSPS) is 10.6. The van der Waals surface area contributed by atoms with Crippen molar-refractivity contribution in [1.29, 1.82) is 0 Å². The van der Waals surface area contributed by atoms with E-state index in [4.69, 9.17) is 9.84 Å². The van der Waals surface area contributed by atoms with Crippen molar-refractivity contribution in [3.05, 3.63) is 65.2 Å². The van der Waals surface area contributed by atoms with Gasteiger partial charge in [0.15, 0.2) is 11.6 Å². The molecule has 0 atom stereocenters. The summed E-state index contributed by atoms with van der Waals surface area (Å²) in [7, 11) is 0. The van der Waals surface area contributed by atoms with Crippen LogP contribution in [0, 0.1) is 11.6 Å². The Balaban J connectivity index is 1.92. The second kappa shape index (κ2) is 7.71. The molecule has 2 N–H and O–H groups in total. The Morgan fingerprint density at radius 3 is 2.57 bits per heavy atom. The van der Waals surface area contributed by atoms with Crippen LogP contribution in [0.5, 0.6) is 5.75 Å². The smallest absolute Gasteiger partial charge is 0.159 e. The van der Waals surface area contributed by atoms with E-state index in [1.165, 1.54) is 6.07 Å². The molecule has 2 aromatic carbocycles. The summed E-state index contributed by atoms with van der Waals surface area (Å²) in [6.07, 6.45) is 0. The van der Waals surface area contributed by atoms with Crippen molar-refractivity contribution in [1.82, 2.24) is 5.32 Å². The minimum Gasteiger partial charge on any atom is -0.491 e. The van der Waals surface area contributed by atoms with Crippen molar-refractivity contribution in [3.8, 4) is 5.75 Å². The molecule has 2 aromatic rings. The first-order valence-corrected chi connectivity index (χ1v) is 6.67. The summed E-state index contributed by atoms with van der Waals surface area (Å²) in [6.45, 7) is 1.14. The van der Waals surface area contributed by atoms with Crippen molar-refractivity contribution in [2.75, 3.05) is 13.2 Å². The van der Waals surface area contributed by atoms with Crippen LogP contribution in [-0.4, -0.2) is 18.3 Å². The number of nitrogens with one attached hydrogen (secondary N) is 1. The number of hydrogen-bond acceptors (Lipinski definition) is 3. The molecule has 0 saturated heterocycles. The summed E-state index contributed by atoms with van der Waals surface area (Å²) >= 11 is 0. The van der Waals surface area contributed by atoms with Gasteiger partial charge >= 0.3 is 0 Å². The fraction of sp³-hybridized carbons (Fsp3) is 0.250. The molecule has 0 spiro atoms. The molecular weight excluding hydrogens is 276 g/mol. The Bertz CT molecular complexity index is 590. The van der Waals surface area contributed by atoms with Crippen LogP contribution in [-0.2, 0) is 13.1 Å². The molecule has 0 bridgehead atoms. The van der Waals surface area contributed by atoms with Gasteiger partial charge in [-0.1, -0.05) is 24.3 Å². The van der Waals surface area contributed by atoms with E-state index < -0.39 is 11.6 Å². The number of rotatable bonds is 7. The topological polar surface area (TPSA) is 41.5 Å². The third kappa shape index (κ3) is 4.51. The minimum absolute atomic E-state index is 0.0450. The van der Waals surface area contributed by atoms with Gasteiger partial charge in [-0.05, 0) is 23.8 Å². The molecule has 21 heavy (non-hydrogen) atoms. The fourth-order valence-electron chi connectivity index (χ4n) is 1.94. The highest BCUT2D eigenvalue weighted by atomic mass is 19.2. The molecule has 0 aliphatic rings. The van der Waals surface area contributed by atoms with Gasteiger partial charge in [0.25, 0.3) is 0 Å². The first kappa shape index (κ1) is 15.4. The molecule has 0 aliphatic carbocycles. The van der Waals surface area contributed by atoms with Crippen molar-refractivity contribution >= 4 is 0 Å². The van der Waals surface area contributed by atoms with Crippen LogP contribution in [0.15, 0.2) is 42.5 Å². The van der Waals surface area contributed by atoms with Crippen molar-refractivity contribution < 1.29 is 18.6 Å². The number of halogens is 2. The Morgan fingerprint density at radius 1 is 1.00 bits per heavy atom. The summed E-state index contributed by atoms with van der Waals surface area (Å²) in [5.74, 6) is -0.994. The number of aliphatic hydroxyl groups excluding tert-OH is 1. The largest absolute Gasteiger partial charge is 0.491 e. The number of aliphatic hydroxyl groups is 1. The summed E-state index contributed by atoms with van der Waals surface area (Å²) in [4.78, 5) is 0. The van der Waals surface area contributed by atoms with Crippen molar-refractivity contribution in [2.45, 2.75) is 13.1 Å². The van der Waals surface area contributed by atoms with E-state index in [0.717, 1.165) is 11.6 Å². The Morgan fingerprint density at radius 2 is 1.81 bits per heavy atom. The lowest BCUT2D eigenvalue weighted by Crippen LogP contribution is -2.14. The second-order valence-corrected chi connectivity index (χ2v) is 4.53. The van der Waals surface area contributed by atoms with Crippen molar-refractivity contribution in [2.24, 2.45) is 0 Å². The molecule has 0 radical (unpaired) electrons. The third-order valence-corrected chi connectivity index (χ3v) is 2.95. The quantitative estimate of drug-likeness (QED) is 0.824. The van der Waals surface area contributed by atoms with Crippen LogP contribution < -0.4 is 10.1 Å². The second-order valence-electron chi connectivity index (χ2n) is 4.53. The van der Waals surface area contributed by atoms with E-state index in [0.29, 0.717) is 24.4 Å². The number of benzene rings is 2. The highest BCUT2D eigenvalue weighted by Gasteiger charge is 2.04. The predicted molar refractivity (Wildman–Crippen MR) is 75.9 cm³/mol. The molecule has 2 rings (SSSR count). The Labute approximate surface area is 122 Å². The average Bonchev–Trinajstić information content (AvgIpc) is 2.50. The zero-order valence-electron chi connectivity index (χ0n) is 11.5. The van der Waals surface area contributed by atoms with Crippen LogP contribution in [0.3, 0.4) is 0 Å². The molecule has 0 amide bonds. The van der Waals surface area contributed by atoms with Gasteiger partial charge in [0.05, 0.1) is 6.61 Å². The Hall–Kier alpha value is -1.98. The van der Waals surface area contributed by atoms with E-state index >= 15 is 0 Å².